The first-order chi connectivity index (χ1) is 7.72. The molecule has 1 rings (SSSR count). The summed E-state index contributed by atoms with van der Waals surface area (Å²) in [7, 11) is 0. The lowest BCUT2D eigenvalue weighted by molar-refractivity contribution is -0.110. The summed E-state index contributed by atoms with van der Waals surface area (Å²) in [6.07, 6.45) is 0. The number of nitrogens with one attached hydrogen (secondary N) is 2. The maximum Gasteiger partial charge on any atom is 0.315 e. The minimum Gasteiger partial charge on any atom is -0.338 e. The van der Waals surface area contributed by atoms with Gasteiger partial charge in [0.2, 0.25) is 5.12 Å². The molecule has 0 saturated heterocycles. The zero-order chi connectivity index (χ0) is 11.8. The standard InChI is InChI=1S/C11H14N2O2S/c1-2-12-11(15)13-8-10(14)16-9-6-4-3-5-7-9/h3-7H,2,8H2,1H3,(H2,12,13,15). The van der Waals surface area contributed by atoms with Gasteiger partial charge in [-0.15, -0.1) is 0 Å². The van der Waals surface area contributed by atoms with Crippen LogP contribution < -0.4 is 10.6 Å². The topological polar surface area (TPSA) is 58.2 Å². The maximum absolute atomic E-state index is 11.4. The van der Waals surface area contributed by atoms with Gasteiger partial charge in [-0.1, -0.05) is 30.0 Å². The molecule has 0 unspecified atom stereocenters. The Labute approximate surface area is 98.8 Å². The number of carbonyl (C=O) groups is 2. The minimum absolute atomic E-state index is 0.0331. The van der Waals surface area contributed by atoms with E-state index in [0.717, 1.165) is 16.7 Å². The van der Waals surface area contributed by atoms with Crippen molar-refractivity contribution < 1.29 is 9.59 Å². The molecule has 0 radical (unpaired) electrons. The Morgan fingerprint density at radius 2 is 1.88 bits per heavy atom. The third kappa shape index (κ3) is 4.84. The fourth-order valence-corrected chi connectivity index (χ4v) is 1.73. The van der Waals surface area contributed by atoms with Gasteiger partial charge in [-0.25, -0.2) is 4.79 Å². The highest BCUT2D eigenvalue weighted by Crippen LogP contribution is 2.17. The molecule has 4 nitrogen and oxygen atoms in total. The van der Waals surface area contributed by atoms with E-state index in [1.165, 1.54) is 0 Å². The number of urea groups is 1. The van der Waals surface area contributed by atoms with Crippen LogP contribution in [-0.2, 0) is 4.79 Å². The van der Waals surface area contributed by atoms with Crippen LogP contribution in [0.2, 0.25) is 0 Å². The molecule has 1 aromatic carbocycles. The van der Waals surface area contributed by atoms with Crippen LogP contribution in [0.25, 0.3) is 0 Å². The van der Waals surface area contributed by atoms with Crippen molar-refractivity contribution in [2.45, 2.75) is 11.8 Å². The van der Waals surface area contributed by atoms with Crippen molar-refractivity contribution in [3.63, 3.8) is 0 Å². The summed E-state index contributed by atoms with van der Waals surface area (Å²) in [4.78, 5) is 23.3. The third-order valence-electron chi connectivity index (χ3n) is 1.71. The molecule has 86 valence electrons. The van der Waals surface area contributed by atoms with Crippen molar-refractivity contribution in [2.24, 2.45) is 0 Å². The Hall–Kier alpha value is -1.49. The van der Waals surface area contributed by atoms with Crippen LogP contribution in [0.5, 0.6) is 0 Å². The minimum atomic E-state index is -0.315. The Morgan fingerprint density at radius 3 is 2.50 bits per heavy atom. The average Bonchev–Trinajstić information content (AvgIpc) is 2.28. The summed E-state index contributed by atoms with van der Waals surface area (Å²) in [5.41, 5.74) is 0. The van der Waals surface area contributed by atoms with Crippen molar-refractivity contribution in [1.29, 1.82) is 0 Å². The van der Waals surface area contributed by atoms with Crippen LogP contribution in [0.15, 0.2) is 35.2 Å². The Balaban J connectivity index is 2.29. The van der Waals surface area contributed by atoms with Gasteiger partial charge in [0, 0.05) is 11.4 Å². The lowest BCUT2D eigenvalue weighted by Gasteiger charge is -2.04. The largest absolute Gasteiger partial charge is 0.338 e. The van der Waals surface area contributed by atoms with E-state index in [2.05, 4.69) is 10.6 Å². The summed E-state index contributed by atoms with van der Waals surface area (Å²) in [5, 5.41) is 4.95. The Morgan fingerprint density at radius 1 is 1.19 bits per heavy atom. The SMILES string of the molecule is CCNC(=O)NCC(=O)Sc1ccccc1. The molecule has 0 saturated carbocycles. The number of carbonyl (C=O) groups excluding carboxylic acids is 2. The first kappa shape index (κ1) is 12.6. The van der Waals surface area contributed by atoms with Gasteiger partial charge in [0.25, 0.3) is 0 Å². The number of benzene rings is 1. The molecule has 2 amide bonds. The van der Waals surface area contributed by atoms with E-state index in [4.69, 9.17) is 0 Å². The number of thioether (sulfide) groups is 1. The molecule has 0 heterocycles. The summed E-state index contributed by atoms with van der Waals surface area (Å²) < 4.78 is 0. The highest BCUT2D eigenvalue weighted by Gasteiger charge is 2.05. The van der Waals surface area contributed by atoms with E-state index < -0.39 is 0 Å². The monoisotopic (exact) mass is 238 g/mol. The van der Waals surface area contributed by atoms with Crippen LogP contribution in [0.1, 0.15) is 6.92 Å². The maximum atomic E-state index is 11.4. The van der Waals surface area contributed by atoms with Crippen molar-refractivity contribution in [1.82, 2.24) is 10.6 Å². The van der Waals surface area contributed by atoms with E-state index in [1.54, 1.807) is 0 Å². The number of hydrogen-bond donors (Lipinski definition) is 2. The molecule has 2 N–H and O–H groups in total. The molecule has 16 heavy (non-hydrogen) atoms. The van der Waals surface area contributed by atoms with Crippen molar-refractivity contribution in [3.05, 3.63) is 30.3 Å². The first-order valence-corrected chi connectivity index (χ1v) is 5.81. The van der Waals surface area contributed by atoms with Gasteiger partial charge in [0.05, 0.1) is 6.54 Å². The highest BCUT2D eigenvalue weighted by atomic mass is 32.2. The Kier molecular flexibility index (Phi) is 5.42. The molecule has 0 fully saturated rings. The molecule has 0 atom stereocenters. The van der Waals surface area contributed by atoms with Gasteiger partial charge >= 0.3 is 6.03 Å². The van der Waals surface area contributed by atoms with Crippen LogP contribution in [-0.4, -0.2) is 24.2 Å². The zero-order valence-corrected chi connectivity index (χ0v) is 9.84. The molecular weight excluding hydrogens is 224 g/mol. The number of hydrogen-bond acceptors (Lipinski definition) is 3. The summed E-state index contributed by atoms with van der Waals surface area (Å²) in [6.45, 7) is 2.40. The van der Waals surface area contributed by atoms with Gasteiger partial charge in [0.15, 0.2) is 0 Å². The first-order valence-electron chi connectivity index (χ1n) is 4.99. The predicted octanol–water partition coefficient (Wildman–Crippen LogP) is 1.62. The van der Waals surface area contributed by atoms with Crippen molar-refractivity contribution in [2.75, 3.05) is 13.1 Å². The average molecular weight is 238 g/mol. The molecular formula is C11H14N2O2S. The molecule has 0 aromatic heterocycles. The molecule has 0 aliphatic heterocycles. The highest BCUT2D eigenvalue weighted by molar-refractivity contribution is 8.13. The lowest BCUT2D eigenvalue weighted by atomic mass is 10.4. The van der Waals surface area contributed by atoms with E-state index in [9.17, 15) is 9.59 Å². The lowest BCUT2D eigenvalue weighted by Crippen LogP contribution is -2.37. The quantitative estimate of drug-likeness (QED) is 0.784. The summed E-state index contributed by atoms with van der Waals surface area (Å²) in [5.74, 6) is 0. The summed E-state index contributed by atoms with van der Waals surface area (Å²) in [6, 6.07) is 9.02. The van der Waals surface area contributed by atoms with Gasteiger partial charge < -0.3 is 10.6 Å². The second-order valence-electron chi connectivity index (χ2n) is 3.00. The van der Waals surface area contributed by atoms with Gasteiger partial charge in [0.1, 0.15) is 0 Å². The van der Waals surface area contributed by atoms with E-state index >= 15 is 0 Å². The summed E-state index contributed by atoms with van der Waals surface area (Å²) >= 11 is 1.12. The second kappa shape index (κ2) is 6.90. The van der Waals surface area contributed by atoms with Crippen LogP contribution in [0.4, 0.5) is 4.79 Å². The fraction of sp³-hybridized carbons (Fsp3) is 0.273. The van der Waals surface area contributed by atoms with E-state index in [1.807, 2.05) is 37.3 Å². The number of rotatable bonds is 4. The molecule has 0 bridgehead atoms. The second-order valence-corrected chi connectivity index (χ2v) is 4.13. The molecule has 0 spiro atoms. The smallest absolute Gasteiger partial charge is 0.315 e. The van der Waals surface area contributed by atoms with Crippen molar-refractivity contribution in [3.8, 4) is 0 Å². The molecule has 0 aliphatic rings. The molecule has 1 aromatic rings. The number of amides is 2. The van der Waals surface area contributed by atoms with Gasteiger partial charge in [-0.3, -0.25) is 4.79 Å². The van der Waals surface area contributed by atoms with Crippen LogP contribution >= 0.6 is 11.8 Å². The molecule has 0 aliphatic carbocycles. The van der Waals surface area contributed by atoms with Crippen molar-refractivity contribution >= 4 is 22.9 Å². The van der Waals surface area contributed by atoms with Gasteiger partial charge in [-0.05, 0) is 19.1 Å². The van der Waals surface area contributed by atoms with E-state index in [-0.39, 0.29) is 17.7 Å². The third-order valence-corrected chi connectivity index (χ3v) is 2.59. The van der Waals surface area contributed by atoms with E-state index in [0.29, 0.717) is 6.54 Å². The van der Waals surface area contributed by atoms with Gasteiger partial charge in [-0.2, -0.15) is 0 Å². The van der Waals surface area contributed by atoms with Crippen LogP contribution in [0.3, 0.4) is 0 Å². The molecule has 5 heteroatoms. The van der Waals surface area contributed by atoms with Crippen LogP contribution in [0, 0.1) is 0 Å². The Bertz CT molecular complexity index is 354. The zero-order valence-electron chi connectivity index (χ0n) is 9.03. The predicted molar refractivity (Wildman–Crippen MR) is 64.4 cm³/mol. The normalized spacial score (nSPS) is 9.56. The fourth-order valence-electron chi connectivity index (χ4n) is 1.03.